The first-order chi connectivity index (χ1) is 9.13. The number of phenolic OH excluding ortho intramolecular Hbond substituents is 3. The fourth-order valence-electron chi connectivity index (χ4n) is 2.52. The monoisotopic (exact) mass is 267 g/mol. The standard InChI is InChI=1S/C14H21NO4/c1-2-12-9(5-6-19-12)7-15-8-10-3-4-11(16)14(18)13(10)17/h3-4,9,12,15-18H,2,5-8H2,1H3. The second-order valence-electron chi connectivity index (χ2n) is 4.94. The molecule has 0 bridgehead atoms. The van der Waals surface area contributed by atoms with Crippen LogP contribution in [0.3, 0.4) is 0 Å². The zero-order chi connectivity index (χ0) is 13.8. The maximum atomic E-state index is 9.69. The topological polar surface area (TPSA) is 82.0 Å². The van der Waals surface area contributed by atoms with Gasteiger partial charge in [0.15, 0.2) is 11.5 Å². The number of phenols is 3. The lowest BCUT2D eigenvalue weighted by molar-refractivity contribution is 0.0872. The van der Waals surface area contributed by atoms with E-state index in [1.54, 1.807) is 6.07 Å². The van der Waals surface area contributed by atoms with Crippen molar-refractivity contribution in [2.24, 2.45) is 5.92 Å². The van der Waals surface area contributed by atoms with E-state index in [0.717, 1.165) is 26.0 Å². The number of nitrogens with one attached hydrogen (secondary N) is 1. The Morgan fingerprint density at radius 3 is 2.79 bits per heavy atom. The number of aromatic hydroxyl groups is 3. The zero-order valence-corrected chi connectivity index (χ0v) is 11.1. The Bertz CT molecular complexity index is 436. The maximum Gasteiger partial charge on any atom is 0.200 e. The van der Waals surface area contributed by atoms with Gasteiger partial charge >= 0.3 is 0 Å². The van der Waals surface area contributed by atoms with Gasteiger partial charge in [0.25, 0.3) is 0 Å². The average Bonchev–Trinajstić information content (AvgIpc) is 2.86. The van der Waals surface area contributed by atoms with Crippen molar-refractivity contribution in [3.8, 4) is 17.2 Å². The van der Waals surface area contributed by atoms with Crippen LogP contribution in [0.2, 0.25) is 0 Å². The fraction of sp³-hybridized carbons (Fsp3) is 0.571. The quantitative estimate of drug-likeness (QED) is 0.611. The van der Waals surface area contributed by atoms with E-state index in [1.165, 1.54) is 6.07 Å². The van der Waals surface area contributed by atoms with Crippen molar-refractivity contribution >= 4 is 0 Å². The fourth-order valence-corrected chi connectivity index (χ4v) is 2.52. The van der Waals surface area contributed by atoms with Crippen molar-refractivity contribution in [3.05, 3.63) is 17.7 Å². The highest BCUT2D eigenvalue weighted by Crippen LogP contribution is 2.36. The van der Waals surface area contributed by atoms with E-state index < -0.39 is 5.75 Å². The van der Waals surface area contributed by atoms with Gasteiger partial charge < -0.3 is 25.4 Å². The summed E-state index contributed by atoms with van der Waals surface area (Å²) in [6.07, 6.45) is 2.38. The van der Waals surface area contributed by atoms with E-state index in [1.807, 2.05) is 0 Å². The van der Waals surface area contributed by atoms with Crippen LogP contribution in [0, 0.1) is 5.92 Å². The number of benzene rings is 1. The number of rotatable bonds is 5. The summed E-state index contributed by atoms with van der Waals surface area (Å²) in [6.45, 7) is 4.20. The van der Waals surface area contributed by atoms with Gasteiger partial charge in [-0.15, -0.1) is 0 Å². The minimum absolute atomic E-state index is 0.262. The van der Waals surface area contributed by atoms with Gasteiger partial charge in [-0.3, -0.25) is 0 Å². The Labute approximate surface area is 112 Å². The molecule has 2 unspecified atom stereocenters. The van der Waals surface area contributed by atoms with E-state index in [9.17, 15) is 15.3 Å². The largest absolute Gasteiger partial charge is 0.504 e. The summed E-state index contributed by atoms with van der Waals surface area (Å²) < 4.78 is 5.61. The third-order valence-electron chi connectivity index (χ3n) is 3.68. The van der Waals surface area contributed by atoms with Crippen LogP contribution in [0.5, 0.6) is 17.2 Å². The maximum absolute atomic E-state index is 9.69. The highest BCUT2D eigenvalue weighted by Gasteiger charge is 2.26. The van der Waals surface area contributed by atoms with Gasteiger partial charge in [-0.1, -0.05) is 13.0 Å². The summed E-state index contributed by atoms with van der Waals surface area (Å²) in [6, 6.07) is 2.97. The summed E-state index contributed by atoms with van der Waals surface area (Å²) in [4.78, 5) is 0. The van der Waals surface area contributed by atoms with Gasteiger partial charge in [0.05, 0.1) is 6.10 Å². The highest BCUT2D eigenvalue weighted by atomic mass is 16.5. The molecule has 1 fully saturated rings. The van der Waals surface area contributed by atoms with E-state index in [2.05, 4.69) is 12.2 Å². The Kier molecular flexibility index (Phi) is 4.50. The van der Waals surface area contributed by atoms with Crippen LogP contribution >= 0.6 is 0 Å². The van der Waals surface area contributed by atoms with Crippen molar-refractivity contribution in [2.75, 3.05) is 13.2 Å². The van der Waals surface area contributed by atoms with Crippen molar-refractivity contribution in [3.63, 3.8) is 0 Å². The predicted molar refractivity (Wildman–Crippen MR) is 71.3 cm³/mol. The molecule has 4 N–H and O–H groups in total. The first-order valence-corrected chi connectivity index (χ1v) is 6.68. The molecule has 5 nitrogen and oxygen atoms in total. The lowest BCUT2D eigenvalue weighted by Gasteiger charge is -2.17. The van der Waals surface area contributed by atoms with E-state index >= 15 is 0 Å². The molecular formula is C14H21NO4. The molecule has 1 aliphatic heterocycles. The van der Waals surface area contributed by atoms with Gasteiger partial charge in [0.2, 0.25) is 5.75 Å². The average molecular weight is 267 g/mol. The van der Waals surface area contributed by atoms with Crippen LogP contribution < -0.4 is 5.32 Å². The zero-order valence-electron chi connectivity index (χ0n) is 11.1. The van der Waals surface area contributed by atoms with E-state index in [-0.39, 0.29) is 11.5 Å². The Morgan fingerprint density at radius 2 is 2.05 bits per heavy atom. The molecule has 5 heteroatoms. The van der Waals surface area contributed by atoms with Gasteiger partial charge in [-0.25, -0.2) is 0 Å². The summed E-state index contributed by atoms with van der Waals surface area (Å²) in [7, 11) is 0. The lowest BCUT2D eigenvalue weighted by Crippen LogP contribution is -2.27. The van der Waals surface area contributed by atoms with Gasteiger partial charge in [0, 0.05) is 25.3 Å². The van der Waals surface area contributed by atoms with Crippen molar-refractivity contribution in [2.45, 2.75) is 32.4 Å². The summed E-state index contributed by atoms with van der Waals surface area (Å²) >= 11 is 0. The number of ether oxygens (including phenoxy) is 1. The molecule has 1 saturated heterocycles. The molecule has 1 heterocycles. The molecule has 0 amide bonds. The van der Waals surface area contributed by atoms with Gasteiger partial charge in [0.1, 0.15) is 0 Å². The molecule has 0 saturated carbocycles. The van der Waals surface area contributed by atoms with Crippen LogP contribution in [0.4, 0.5) is 0 Å². The predicted octanol–water partition coefficient (Wildman–Crippen LogP) is 1.71. The van der Waals surface area contributed by atoms with Gasteiger partial charge in [-0.05, 0) is 24.8 Å². The minimum atomic E-state index is -0.463. The number of hydrogen-bond acceptors (Lipinski definition) is 5. The van der Waals surface area contributed by atoms with Crippen molar-refractivity contribution < 1.29 is 20.1 Å². The molecule has 19 heavy (non-hydrogen) atoms. The molecule has 1 aromatic rings. The molecule has 0 radical (unpaired) electrons. The molecule has 0 aromatic heterocycles. The summed E-state index contributed by atoms with van der Waals surface area (Å²) in [5, 5.41) is 31.6. The molecular weight excluding hydrogens is 246 g/mol. The summed E-state index contributed by atoms with van der Waals surface area (Å²) in [5.41, 5.74) is 0.572. The van der Waals surface area contributed by atoms with Crippen LogP contribution in [0.15, 0.2) is 12.1 Å². The first kappa shape index (κ1) is 14.0. The first-order valence-electron chi connectivity index (χ1n) is 6.68. The molecule has 2 atom stereocenters. The smallest absolute Gasteiger partial charge is 0.200 e. The molecule has 0 spiro atoms. The van der Waals surface area contributed by atoms with Crippen molar-refractivity contribution in [1.82, 2.24) is 5.32 Å². The molecule has 0 aliphatic carbocycles. The third kappa shape index (κ3) is 3.11. The van der Waals surface area contributed by atoms with Crippen LogP contribution in [0.1, 0.15) is 25.3 Å². The third-order valence-corrected chi connectivity index (χ3v) is 3.68. The van der Waals surface area contributed by atoms with Gasteiger partial charge in [-0.2, -0.15) is 0 Å². The Balaban J connectivity index is 1.88. The Morgan fingerprint density at radius 1 is 1.26 bits per heavy atom. The molecule has 1 aliphatic rings. The molecule has 106 valence electrons. The second kappa shape index (κ2) is 6.12. The van der Waals surface area contributed by atoms with E-state index in [4.69, 9.17) is 4.74 Å². The Hall–Kier alpha value is -1.46. The van der Waals surface area contributed by atoms with E-state index in [0.29, 0.717) is 24.1 Å². The van der Waals surface area contributed by atoms with Crippen LogP contribution in [0.25, 0.3) is 0 Å². The SMILES string of the molecule is CCC1OCCC1CNCc1ccc(O)c(O)c1O. The highest BCUT2D eigenvalue weighted by molar-refractivity contribution is 5.52. The molecule has 2 rings (SSSR count). The molecule has 1 aromatic carbocycles. The number of hydrogen-bond donors (Lipinski definition) is 4. The summed E-state index contributed by atoms with van der Waals surface area (Å²) in [5.74, 6) is -0.536. The van der Waals surface area contributed by atoms with Crippen molar-refractivity contribution in [1.29, 1.82) is 0 Å². The second-order valence-corrected chi connectivity index (χ2v) is 4.94. The van der Waals surface area contributed by atoms with Crippen LogP contribution in [-0.4, -0.2) is 34.6 Å². The lowest BCUT2D eigenvalue weighted by atomic mass is 9.99. The minimum Gasteiger partial charge on any atom is -0.504 e. The van der Waals surface area contributed by atoms with Crippen LogP contribution in [-0.2, 0) is 11.3 Å². The normalized spacial score (nSPS) is 22.8.